The van der Waals surface area contributed by atoms with Crippen LogP contribution < -0.4 is 10.6 Å². The number of hydrogen-bond acceptors (Lipinski definition) is 3. The maximum atomic E-state index is 12.6. The smallest absolute Gasteiger partial charge is 0.276 e. The molecule has 0 radical (unpaired) electrons. The van der Waals surface area contributed by atoms with Gasteiger partial charge in [0, 0.05) is 11.3 Å². The first-order chi connectivity index (χ1) is 13.1. The number of H-pyrrole nitrogens is 1. The van der Waals surface area contributed by atoms with Crippen LogP contribution in [0.5, 0.6) is 0 Å². The van der Waals surface area contributed by atoms with Crippen molar-refractivity contribution in [1.29, 1.82) is 0 Å². The van der Waals surface area contributed by atoms with Gasteiger partial charge in [-0.3, -0.25) is 14.7 Å². The molecule has 0 aliphatic rings. The van der Waals surface area contributed by atoms with E-state index in [0.717, 1.165) is 6.42 Å². The lowest BCUT2D eigenvalue weighted by atomic mass is 10.1. The molecule has 0 fully saturated rings. The second-order valence-corrected chi connectivity index (χ2v) is 6.34. The molecule has 2 aromatic carbocycles. The van der Waals surface area contributed by atoms with Gasteiger partial charge in [0.2, 0.25) is 0 Å². The van der Waals surface area contributed by atoms with E-state index in [1.54, 1.807) is 36.4 Å². The lowest BCUT2D eigenvalue weighted by Gasteiger charge is -2.08. The Morgan fingerprint density at radius 2 is 1.70 bits per heavy atom. The summed E-state index contributed by atoms with van der Waals surface area (Å²) in [5, 5.41) is 12.8. The van der Waals surface area contributed by atoms with E-state index in [9.17, 15) is 9.59 Å². The normalized spacial score (nSPS) is 10.4. The van der Waals surface area contributed by atoms with E-state index in [2.05, 4.69) is 20.8 Å². The summed E-state index contributed by atoms with van der Waals surface area (Å²) >= 11 is 6.08. The van der Waals surface area contributed by atoms with Crippen molar-refractivity contribution in [2.75, 3.05) is 10.6 Å². The monoisotopic (exact) mass is 382 g/mol. The van der Waals surface area contributed by atoms with Crippen molar-refractivity contribution in [3.05, 3.63) is 76.4 Å². The number of rotatable bonds is 6. The molecule has 3 N–H and O–H groups in total. The van der Waals surface area contributed by atoms with Crippen LogP contribution in [-0.2, 0) is 6.42 Å². The molecule has 0 aliphatic heterocycles. The van der Waals surface area contributed by atoms with Crippen LogP contribution in [0.2, 0.25) is 5.02 Å². The molecule has 6 nitrogen and oxygen atoms in total. The van der Waals surface area contributed by atoms with Gasteiger partial charge in [0.25, 0.3) is 11.8 Å². The SMILES string of the molecule is CCCc1c(C(=O)Nc2ccccc2)n[nH]c1NC(=O)c1ccccc1Cl. The van der Waals surface area contributed by atoms with E-state index < -0.39 is 0 Å². The second-order valence-electron chi connectivity index (χ2n) is 5.93. The number of nitrogens with one attached hydrogen (secondary N) is 3. The molecule has 3 rings (SSSR count). The van der Waals surface area contributed by atoms with E-state index in [4.69, 9.17) is 11.6 Å². The number of hydrogen-bond donors (Lipinski definition) is 3. The number of nitrogens with zero attached hydrogens (tertiary/aromatic N) is 1. The van der Waals surface area contributed by atoms with Gasteiger partial charge >= 0.3 is 0 Å². The summed E-state index contributed by atoms with van der Waals surface area (Å²) in [6, 6.07) is 15.9. The number of halogens is 1. The Kier molecular flexibility index (Phi) is 5.88. The van der Waals surface area contributed by atoms with Gasteiger partial charge in [-0.05, 0) is 30.7 Å². The van der Waals surface area contributed by atoms with Crippen molar-refractivity contribution >= 4 is 34.9 Å². The van der Waals surface area contributed by atoms with E-state index in [1.807, 2.05) is 25.1 Å². The minimum absolute atomic E-state index is 0.259. The Bertz CT molecular complexity index is 954. The highest BCUT2D eigenvalue weighted by Gasteiger charge is 2.21. The number of anilines is 2. The Morgan fingerprint density at radius 1 is 1.00 bits per heavy atom. The van der Waals surface area contributed by atoms with Gasteiger partial charge in [-0.15, -0.1) is 0 Å². The molecule has 7 heteroatoms. The zero-order valence-electron chi connectivity index (χ0n) is 14.8. The first-order valence-electron chi connectivity index (χ1n) is 8.59. The van der Waals surface area contributed by atoms with Gasteiger partial charge in [-0.1, -0.05) is 55.3 Å². The van der Waals surface area contributed by atoms with Crippen LogP contribution >= 0.6 is 11.6 Å². The fourth-order valence-corrected chi connectivity index (χ4v) is 2.91. The Hall–Kier alpha value is -3.12. The molecule has 0 saturated carbocycles. The van der Waals surface area contributed by atoms with E-state index >= 15 is 0 Å². The quantitative estimate of drug-likeness (QED) is 0.585. The van der Waals surface area contributed by atoms with E-state index in [0.29, 0.717) is 34.1 Å². The molecular formula is C20H19ClN4O2. The van der Waals surface area contributed by atoms with Crippen molar-refractivity contribution in [1.82, 2.24) is 10.2 Å². The largest absolute Gasteiger partial charge is 0.321 e. The summed E-state index contributed by atoms with van der Waals surface area (Å²) in [4.78, 5) is 25.1. The van der Waals surface area contributed by atoms with Crippen LogP contribution in [0.25, 0.3) is 0 Å². The lowest BCUT2D eigenvalue weighted by molar-refractivity contribution is 0.101. The number of benzene rings is 2. The summed E-state index contributed by atoms with van der Waals surface area (Å²) < 4.78 is 0. The van der Waals surface area contributed by atoms with Crippen LogP contribution in [0.15, 0.2) is 54.6 Å². The molecule has 0 saturated heterocycles. The number of carbonyl (C=O) groups is 2. The molecule has 1 heterocycles. The molecule has 0 spiro atoms. The van der Waals surface area contributed by atoms with Gasteiger partial charge < -0.3 is 10.6 Å². The minimum atomic E-state index is -0.364. The van der Waals surface area contributed by atoms with Gasteiger partial charge in [-0.2, -0.15) is 5.10 Å². The maximum absolute atomic E-state index is 12.6. The van der Waals surface area contributed by atoms with Crippen molar-refractivity contribution < 1.29 is 9.59 Å². The molecule has 0 atom stereocenters. The predicted molar refractivity (Wildman–Crippen MR) is 106 cm³/mol. The van der Waals surface area contributed by atoms with Crippen molar-refractivity contribution in [3.8, 4) is 0 Å². The van der Waals surface area contributed by atoms with Crippen molar-refractivity contribution in [3.63, 3.8) is 0 Å². The molecular weight excluding hydrogens is 364 g/mol. The third kappa shape index (κ3) is 4.35. The molecule has 0 aliphatic carbocycles. The molecule has 1 aromatic heterocycles. The van der Waals surface area contributed by atoms with Crippen LogP contribution in [0.3, 0.4) is 0 Å². The van der Waals surface area contributed by atoms with Crippen molar-refractivity contribution in [2.24, 2.45) is 0 Å². The van der Waals surface area contributed by atoms with Gasteiger partial charge in [0.1, 0.15) is 5.82 Å². The van der Waals surface area contributed by atoms with Crippen LogP contribution in [0, 0.1) is 0 Å². The predicted octanol–water partition coefficient (Wildman–Crippen LogP) is 4.52. The first kappa shape index (κ1) is 18.7. The summed E-state index contributed by atoms with van der Waals surface area (Å²) in [5.74, 6) is -0.296. The maximum Gasteiger partial charge on any atom is 0.276 e. The fourth-order valence-electron chi connectivity index (χ4n) is 2.69. The molecule has 3 aromatic rings. The third-order valence-corrected chi connectivity index (χ3v) is 4.30. The summed E-state index contributed by atoms with van der Waals surface area (Å²) in [6.07, 6.45) is 1.38. The molecule has 0 unspecified atom stereocenters. The second kappa shape index (κ2) is 8.51. The zero-order chi connectivity index (χ0) is 19.2. The summed E-state index contributed by atoms with van der Waals surface area (Å²) in [6.45, 7) is 1.99. The van der Waals surface area contributed by atoms with Crippen LogP contribution in [0.4, 0.5) is 11.5 Å². The number of amides is 2. The Labute approximate surface area is 161 Å². The Morgan fingerprint density at radius 3 is 2.41 bits per heavy atom. The van der Waals surface area contributed by atoms with Crippen molar-refractivity contribution in [2.45, 2.75) is 19.8 Å². The standard InChI is InChI=1S/C20H19ClN4O2/c1-2-8-15-17(20(27)22-13-9-4-3-5-10-13)24-25-18(15)23-19(26)14-11-6-7-12-16(14)21/h3-7,9-12H,2,8H2,1H3,(H,22,27)(H2,23,24,25,26). The van der Waals surface area contributed by atoms with Crippen LogP contribution in [-0.4, -0.2) is 22.0 Å². The Balaban J connectivity index is 1.83. The minimum Gasteiger partial charge on any atom is -0.321 e. The third-order valence-electron chi connectivity index (χ3n) is 3.97. The van der Waals surface area contributed by atoms with Crippen LogP contribution in [0.1, 0.15) is 39.8 Å². The molecule has 0 bridgehead atoms. The zero-order valence-corrected chi connectivity index (χ0v) is 15.5. The van der Waals surface area contributed by atoms with E-state index in [-0.39, 0.29) is 17.5 Å². The fraction of sp³-hybridized carbons (Fsp3) is 0.150. The highest BCUT2D eigenvalue weighted by molar-refractivity contribution is 6.34. The average Bonchev–Trinajstić information content (AvgIpc) is 3.06. The molecule has 2 amide bonds. The molecule has 27 heavy (non-hydrogen) atoms. The average molecular weight is 383 g/mol. The summed E-state index contributed by atoms with van der Waals surface area (Å²) in [7, 11) is 0. The van der Waals surface area contributed by atoms with Gasteiger partial charge in [0.15, 0.2) is 5.69 Å². The summed E-state index contributed by atoms with van der Waals surface area (Å²) in [5.41, 5.74) is 1.95. The topological polar surface area (TPSA) is 86.9 Å². The number of para-hydroxylation sites is 1. The molecule has 138 valence electrons. The van der Waals surface area contributed by atoms with Gasteiger partial charge in [0.05, 0.1) is 10.6 Å². The lowest BCUT2D eigenvalue weighted by Crippen LogP contribution is -2.16. The number of carbonyl (C=O) groups excluding carboxylic acids is 2. The first-order valence-corrected chi connectivity index (χ1v) is 8.97. The highest BCUT2D eigenvalue weighted by atomic mass is 35.5. The van der Waals surface area contributed by atoms with Gasteiger partial charge in [-0.25, -0.2) is 0 Å². The number of aromatic nitrogens is 2. The highest BCUT2D eigenvalue weighted by Crippen LogP contribution is 2.22. The van der Waals surface area contributed by atoms with E-state index in [1.165, 1.54) is 0 Å². The number of aromatic amines is 1.